The fourth-order valence-electron chi connectivity index (χ4n) is 1.53. The normalized spacial score (nSPS) is 11.5. The van der Waals surface area contributed by atoms with Gasteiger partial charge in [-0.15, -0.1) is 0 Å². The predicted octanol–water partition coefficient (Wildman–Crippen LogP) is 1.72. The maximum absolute atomic E-state index is 12.0. The Balaban J connectivity index is 3.58. The van der Waals surface area contributed by atoms with E-state index in [1.165, 1.54) is 7.11 Å². The molecule has 0 rings (SSSR count). The van der Waals surface area contributed by atoms with Crippen LogP contribution in [-0.4, -0.2) is 38.6 Å². The topological polar surface area (TPSA) is 67.4 Å². The first kappa shape index (κ1) is 18.9. The molecule has 0 unspecified atom stereocenters. The minimum Gasteiger partial charge on any atom is -0.375 e. The van der Waals surface area contributed by atoms with Gasteiger partial charge in [0.1, 0.15) is 6.61 Å². The van der Waals surface area contributed by atoms with Crippen LogP contribution in [0.3, 0.4) is 0 Å². The number of nitrogens with one attached hydrogen (secondary N) is 2. The molecule has 0 aromatic rings. The summed E-state index contributed by atoms with van der Waals surface area (Å²) in [6.45, 7) is 9.52. The third-order valence-electron chi connectivity index (χ3n) is 3.77. The number of hydrogen-bond donors (Lipinski definition) is 2. The monoisotopic (exact) mass is 286 g/mol. The maximum Gasteiger partial charge on any atom is 0.245 e. The van der Waals surface area contributed by atoms with E-state index in [0.717, 1.165) is 19.3 Å². The summed E-state index contributed by atoms with van der Waals surface area (Å²) in [6.07, 6.45) is 2.83. The Hall–Kier alpha value is -1.10. The highest BCUT2D eigenvalue weighted by Gasteiger charge is 2.30. The van der Waals surface area contributed by atoms with Gasteiger partial charge < -0.3 is 15.4 Å². The van der Waals surface area contributed by atoms with Crippen LogP contribution < -0.4 is 10.6 Å². The molecule has 5 heteroatoms. The second kappa shape index (κ2) is 9.75. The Morgan fingerprint density at radius 1 is 1.05 bits per heavy atom. The summed E-state index contributed by atoms with van der Waals surface area (Å²) < 4.78 is 4.72. The van der Waals surface area contributed by atoms with E-state index >= 15 is 0 Å². The maximum atomic E-state index is 12.0. The average molecular weight is 286 g/mol. The zero-order valence-electron chi connectivity index (χ0n) is 13.5. The molecule has 2 N–H and O–H groups in total. The molecule has 5 nitrogen and oxygen atoms in total. The number of carbonyl (C=O) groups is 2. The SMILES string of the molecule is COCC(=O)NCCCCCNC(=O)C(C)(C)C(C)C. The number of amides is 2. The summed E-state index contributed by atoms with van der Waals surface area (Å²) in [4.78, 5) is 23.1. The van der Waals surface area contributed by atoms with E-state index in [0.29, 0.717) is 19.0 Å². The van der Waals surface area contributed by atoms with E-state index in [1.807, 2.05) is 13.8 Å². The quantitative estimate of drug-likeness (QED) is 0.601. The van der Waals surface area contributed by atoms with Gasteiger partial charge in [-0.25, -0.2) is 0 Å². The number of rotatable bonds is 10. The summed E-state index contributed by atoms with van der Waals surface area (Å²) in [5.74, 6) is 0.346. The zero-order valence-corrected chi connectivity index (χ0v) is 13.5. The van der Waals surface area contributed by atoms with Crippen LogP contribution >= 0.6 is 0 Å². The highest BCUT2D eigenvalue weighted by atomic mass is 16.5. The lowest BCUT2D eigenvalue weighted by Gasteiger charge is -2.27. The molecule has 0 heterocycles. The molecule has 0 spiro atoms. The van der Waals surface area contributed by atoms with Crippen LogP contribution in [0.2, 0.25) is 0 Å². The third kappa shape index (κ3) is 7.48. The van der Waals surface area contributed by atoms with Crippen molar-refractivity contribution in [2.75, 3.05) is 26.8 Å². The van der Waals surface area contributed by atoms with Crippen molar-refractivity contribution in [2.24, 2.45) is 11.3 Å². The molecule has 0 aromatic carbocycles. The molecule has 0 aromatic heterocycles. The molecule has 118 valence electrons. The van der Waals surface area contributed by atoms with E-state index in [9.17, 15) is 9.59 Å². The fourth-order valence-corrected chi connectivity index (χ4v) is 1.53. The first-order chi connectivity index (χ1) is 9.32. The average Bonchev–Trinajstić information content (AvgIpc) is 2.37. The van der Waals surface area contributed by atoms with Gasteiger partial charge in [-0.05, 0) is 25.2 Å². The van der Waals surface area contributed by atoms with E-state index < -0.39 is 0 Å². The number of hydrogen-bond acceptors (Lipinski definition) is 3. The molecule has 0 aliphatic carbocycles. The number of ether oxygens (including phenoxy) is 1. The van der Waals surface area contributed by atoms with E-state index in [4.69, 9.17) is 4.74 Å². The van der Waals surface area contributed by atoms with Crippen LogP contribution in [-0.2, 0) is 14.3 Å². The Labute approximate surface area is 122 Å². The van der Waals surface area contributed by atoms with Crippen LogP contribution in [0.5, 0.6) is 0 Å². The largest absolute Gasteiger partial charge is 0.375 e. The first-order valence-electron chi connectivity index (χ1n) is 7.36. The van der Waals surface area contributed by atoms with Crippen LogP contribution in [0.25, 0.3) is 0 Å². The van der Waals surface area contributed by atoms with Gasteiger partial charge in [-0.2, -0.15) is 0 Å². The van der Waals surface area contributed by atoms with E-state index in [2.05, 4.69) is 24.5 Å². The molecule has 20 heavy (non-hydrogen) atoms. The van der Waals surface area contributed by atoms with Crippen molar-refractivity contribution < 1.29 is 14.3 Å². The second-order valence-corrected chi connectivity index (χ2v) is 5.98. The van der Waals surface area contributed by atoms with Crippen molar-refractivity contribution in [3.63, 3.8) is 0 Å². The van der Waals surface area contributed by atoms with Gasteiger partial charge in [0.25, 0.3) is 0 Å². The molecule has 2 amide bonds. The fraction of sp³-hybridized carbons (Fsp3) is 0.867. The smallest absolute Gasteiger partial charge is 0.245 e. The van der Waals surface area contributed by atoms with Crippen LogP contribution in [0.15, 0.2) is 0 Å². The van der Waals surface area contributed by atoms with Crippen molar-refractivity contribution in [3.8, 4) is 0 Å². The molecule has 0 saturated heterocycles. The lowest BCUT2D eigenvalue weighted by atomic mass is 9.80. The Bertz CT molecular complexity index is 301. The molecule has 0 bridgehead atoms. The second-order valence-electron chi connectivity index (χ2n) is 5.98. The van der Waals surface area contributed by atoms with E-state index in [-0.39, 0.29) is 23.8 Å². The van der Waals surface area contributed by atoms with Gasteiger partial charge in [0.05, 0.1) is 0 Å². The van der Waals surface area contributed by atoms with Crippen molar-refractivity contribution in [1.29, 1.82) is 0 Å². The Kier molecular flexibility index (Phi) is 9.21. The molecule has 0 aliphatic heterocycles. The number of methoxy groups -OCH3 is 1. The van der Waals surface area contributed by atoms with Crippen LogP contribution in [0, 0.1) is 11.3 Å². The van der Waals surface area contributed by atoms with E-state index in [1.54, 1.807) is 0 Å². The van der Waals surface area contributed by atoms with Gasteiger partial charge in [-0.3, -0.25) is 9.59 Å². The lowest BCUT2D eigenvalue weighted by molar-refractivity contribution is -0.131. The molecular formula is C15H30N2O3. The van der Waals surface area contributed by atoms with Crippen molar-refractivity contribution in [1.82, 2.24) is 10.6 Å². The van der Waals surface area contributed by atoms with Gasteiger partial charge in [0.15, 0.2) is 0 Å². The van der Waals surface area contributed by atoms with Gasteiger partial charge in [0, 0.05) is 25.6 Å². The minimum absolute atomic E-state index is 0.0838. The summed E-state index contributed by atoms with van der Waals surface area (Å²) >= 11 is 0. The minimum atomic E-state index is -0.325. The predicted molar refractivity (Wildman–Crippen MR) is 80.4 cm³/mol. The molecule has 0 fully saturated rings. The molecular weight excluding hydrogens is 256 g/mol. The Morgan fingerprint density at radius 3 is 2.10 bits per heavy atom. The standard InChI is InChI=1S/C15H30N2O3/c1-12(2)15(3,4)14(19)17-10-8-6-7-9-16-13(18)11-20-5/h12H,6-11H2,1-5H3,(H,16,18)(H,17,19). The molecule has 0 atom stereocenters. The Morgan fingerprint density at radius 2 is 1.60 bits per heavy atom. The van der Waals surface area contributed by atoms with Gasteiger partial charge in [0.2, 0.25) is 11.8 Å². The highest BCUT2D eigenvalue weighted by molar-refractivity contribution is 5.82. The van der Waals surface area contributed by atoms with Crippen molar-refractivity contribution in [3.05, 3.63) is 0 Å². The summed E-state index contributed by atoms with van der Waals surface area (Å²) in [5, 5.41) is 5.75. The van der Waals surface area contributed by atoms with Gasteiger partial charge >= 0.3 is 0 Å². The number of unbranched alkanes of at least 4 members (excludes halogenated alkanes) is 2. The lowest BCUT2D eigenvalue weighted by Crippen LogP contribution is -2.40. The first-order valence-corrected chi connectivity index (χ1v) is 7.36. The highest BCUT2D eigenvalue weighted by Crippen LogP contribution is 2.25. The number of carbonyl (C=O) groups excluding carboxylic acids is 2. The summed E-state index contributed by atoms with van der Waals surface area (Å²) in [5.41, 5.74) is -0.325. The van der Waals surface area contributed by atoms with Gasteiger partial charge in [-0.1, -0.05) is 27.7 Å². The van der Waals surface area contributed by atoms with Crippen LogP contribution in [0.1, 0.15) is 47.0 Å². The van der Waals surface area contributed by atoms with Crippen molar-refractivity contribution >= 4 is 11.8 Å². The van der Waals surface area contributed by atoms with Crippen LogP contribution in [0.4, 0.5) is 0 Å². The summed E-state index contributed by atoms with van der Waals surface area (Å²) in [7, 11) is 1.50. The third-order valence-corrected chi connectivity index (χ3v) is 3.77. The summed E-state index contributed by atoms with van der Waals surface area (Å²) in [6, 6.07) is 0. The molecule has 0 aliphatic rings. The van der Waals surface area contributed by atoms with Crippen molar-refractivity contribution in [2.45, 2.75) is 47.0 Å². The molecule has 0 saturated carbocycles. The molecule has 0 radical (unpaired) electrons. The zero-order chi connectivity index (χ0) is 15.6.